The summed E-state index contributed by atoms with van der Waals surface area (Å²) in [6.07, 6.45) is 7.00. The molecule has 1 aromatic carbocycles. The van der Waals surface area contributed by atoms with E-state index in [0.29, 0.717) is 12.5 Å². The molecule has 1 saturated carbocycles. The number of aromatic nitrogens is 3. The van der Waals surface area contributed by atoms with Gasteiger partial charge < -0.3 is 11.1 Å². The number of benzene rings is 1. The molecule has 0 saturated heterocycles. The number of fused-ring (bicyclic) bond motifs is 1. The minimum atomic E-state index is -3.67. The first kappa shape index (κ1) is 23.2. The predicted molar refractivity (Wildman–Crippen MR) is 123 cm³/mol. The number of carbonyl (C=O) groups is 1. The Bertz CT molecular complexity index is 1250. The number of hydrogen-bond donors (Lipinski definition) is 2. The summed E-state index contributed by atoms with van der Waals surface area (Å²) in [4.78, 5) is 38.9. The molecule has 4 rings (SSSR count). The van der Waals surface area contributed by atoms with Crippen LogP contribution < -0.4 is 22.4 Å². The van der Waals surface area contributed by atoms with E-state index in [1.165, 1.54) is 16.8 Å². The number of hydrogen-bond acceptors (Lipinski definition) is 6. The SMILES string of the molecule is NC1CCC(CNC(=O)C2C=CCn3c(=O)n(CCS(=O)(=O)c4ccccc4)c(=O)n32)CC1. The Morgan fingerprint density at radius 3 is 2.45 bits per heavy atom. The third-order valence-electron chi connectivity index (χ3n) is 6.41. The molecule has 1 unspecified atom stereocenters. The van der Waals surface area contributed by atoms with Crippen molar-refractivity contribution < 1.29 is 13.2 Å². The Balaban J connectivity index is 1.49. The third kappa shape index (κ3) is 4.88. The van der Waals surface area contributed by atoms with Crippen LogP contribution in [0.4, 0.5) is 0 Å². The molecule has 3 N–H and O–H groups in total. The quantitative estimate of drug-likeness (QED) is 0.542. The van der Waals surface area contributed by atoms with Crippen molar-refractivity contribution in [1.82, 2.24) is 19.2 Å². The Morgan fingerprint density at radius 1 is 1.06 bits per heavy atom. The molecule has 1 aliphatic heterocycles. The Kier molecular flexibility index (Phi) is 6.71. The van der Waals surface area contributed by atoms with Crippen molar-refractivity contribution in [3.63, 3.8) is 0 Å². The van der Waals surface area contributed by atoms with Crippen molar-refractivity contribution in [2.24, 2.45) is 11.7 Å². The molecule has 1 atom stereocenters. The van der Waals surface area contributed by atoms with E-state index < -0.39 is 33.0 Å². The van der Waals surface area contributed by atoms with Gasteiger partial charge in [-0.1, -0.05) is 30.4 Å². The lowest BCUT2D eigenvalue weighted by atomic mass is 9.86. The second kappa shape index (κ2) is 9.52. The molecule has 0 spiro atoms. The van der Waals surface area contributed by atoms with Gasteiger partial charge >= 0.3 is 11.4 Å². The van der Waals surface area contributed by atoms with Gasteiger partial charge in [-0.05, 0) is 43.7 Å². The lowest BCUT2D eigenvalue weighted by Gasteiger charge is -2.27. The summed E-state index contributed by atoms with van der Waals surface area (Å²) in [5, 5.41) is 2.90. The fraction of sp³-hybridized carbons (Fsp3) is 0.500. The lowest BCUT2D eigenvalue weighted by molar-refractivity contribution is -0.123. The first-order valence-electron chi connectivity index (χ1n) is 11.2. The van der Waals surface area contributed by atoms with Crippen LogP contribution in [-0.4, -0.2) is 46.6 Å². The van der Waals surface area contributed by atoms with E-state index in [1.807, 2.05) is 0 Å². The smallest absolute Gasteiger partial charge is 0.348 e. The summed E-state index contributed by atoms with van der Waals surface area (Å²) in [6.45, 7) is 0.334. The van der Waals surface area contributed by atoms with E-state index in [9.17, 15) is 22.8 Å². The van der Waals surface area contributed by atoms with E-state index in [2.05, 4.69) is 5.32 Å². The normalized spacial score (nSPS) is 22.6. The second-order valence-corrected chi connectivity index (χ2v) is 10.8. The van der Waals surface area contributed by atoms with E-state index in [-0.39, 0.29) is 29.9 Å². The van der Waals surface area contributed by atoms with Gasteiger partial charge in [0.1, 0.15) is 0 Å². The maximum Gasteiger partial charge on any atom is 0.348 e. The number of nitrogens with two attached hydrogens (primary N) is 1. The summed E-state index contributed by atoms with van der Waals surface area (Å²) in [6, 6.07) is 7.14. The number of amides is 1. The largest absolute Gasteiger partial charge is 0.354 e. The van der Waals surface area contributed by atoms with Crippen molar-refractivity contribution >= 4 is 15.7 Å². The minimum absolute atomic E-state index is 0.129. The minimum Gasteiger partial charge on any atom is -0.354 e. The number of allylic oxidation sites excluding steroid dienone is 1. The van der Waals surface area contributed by atoms with Crippen molar-refractivity contribution in [2.45, 2.75) is 55.8 Å². The highest BCUT2D eigenvalue weighted by Gasteiger charge is 2.29. The highest BCUT2D eigenvalue weighted by atomic mass is 32.2. The molecule has 2 aromatic rings. The van der Waals surface area contributed by atoms with Crippen LogP contribution in [0, 0.1) is 5.92 Å². The van der Waals surface area contributed by atoms with Crippen LogP contribution in [-0.2, 0) is 27.7 Å². The summed E-state index contributed by atoms with van der Waals surface area (Å²) < 4.78 is 28.4. The van der Waals surface area contributed by atoms with Gasteiger partial charge in [-0.2, -0.15) is 0 Å². The zero-order valence-corrected chi connectivity index (χ0v) is 19.1. The first-order valence-corrected chi connectivity index (χ1v) is 12.8. The molecule has 11 heteroatoms. The van der Waals surface area contributed by atoms with Gasteiger partial charge in [0.25, 0.3) is 0 Å². The monoisotopic (exact) mass is 475 g/mol. The first-order chi connectivity index (χ1) is 15.8. The van der Waals surface area contributed by atoms with E-state index in [1.54, 1.807) is 30.4 Å². The average molecular weight is 476 g/mol. The molecule has 33 heavy (non-hydrogen) atoms. The molecular formula is C22H29N5O5S. The molecule has 2 aliphatic rings. The van der Waals surface area contributed by atoms with Crippen LogP contribution in [0.1, 0.15) is 31.7 Å². The Hall–Kier alpha value is -2.92. The zero-order valence-electron chi connectivity index (χ0n) is 18.3. The summed E-state index contributed by atoms with van der Waals surface area (Å²) in [7, 11) is -3.67. The molecule has 1 amide bonds. The van der Waals surface area contributed by atoms with Gasteiger partial charge in [0, 0.05) is 19.1 Å². The van der Waals surface area contributed by atoms with E-state index in [4.69, 9.17) is 5.73 Å². The summed E-state index contributed by atoms with van der Waals surface area (Å²) in [5.74, 6) is -0.427. The van der Waals surface area contributed by atoms with E-state index >= 15 is 0 Å². The number of carbonyl (C=O) groups excluding carboxylic acids is 1. The van der Waals surface area contributed by atoms with Gasteiger partial charge in [-0.3, -0.25) is 4.79 Å². The van der Waals surface area contributed by atoms with Crippen LogP contribution in [0.3, 0.4) is 0 Å². The van der Waals surface area contributed by atoms with Gasteiger partial charge in [-0.25, -0.2) is 31.9 Å². The summed E-state index contributed by atoms with van der Waals surface area (Å²) >= 11 is 0. The highest BCUT2D eigenvalue weighted by molar-refractivity contribution is 7.91. The number of nitrogens with zero attached hydrogens (tertiary/aromatic N) is 3. The fourth-order valence-corrected chi connectivity index (χ4v) is 5.67. The number of rotatable bonds is 7. The van der Waals surface area contributed by atoms with Gasteiger partial charge in [0.05, 0.1) is 17.2 Å². The molecule has 1 fully saturated rings. The molecule has 1 aliphatic carbocycles. The van der Waals surface area contributed by atoms with Crippen molar-refractivity contribution in [3.8, 4) is 0 Å². The Labute approximate surface area is 191 Å². The molecule has 1 aromatic heterocycles. The lowest BCUT2D eigenvalue weighted by Crippen LogP contribution is -2.43. The average Bonchev–Trinajstić information content (AvgIpc) is 3.07. The summed E-state index contributed by atoms with van der Waals surface area (Å²) in [5.41, 5.74) is 4.60. The van der Waals surface area contributed by atoms with Crippen molar-refractivity contribution in [1.29, 1.82) is 0 Å². The molecule has 0 bridgehead atoms. The highest BCUT2D eigenvalue weighted by Crippen LogP contribution is 2.22. The van der Waals surface area contributed by atoms with Gasteiger partial charge in [0.2, 0.25) is 5.91 Å². The second-order valence-electron chi connectivity index (χ2n) is 8.67. The number of sulfone groups is 1. The van der Waals surface area contributed by atoms with Crippen molar-refractivity contribution in [2.75, 3.05) is 12.3 Å². The topological polar surface area (TPSA) is 138 Å². The third-order valence-corrected chi connectivity index (χ3v) is 8.12. The van der Waals surface area contributed by atoms with Crippen molar-refractivity contribution in [3.05, 3.63) is 63.5 Å². The molecular weight excluding hydrogens is 446 g/mol. The van der Waals surface area contributed by atoms with Gasteiger partial charge in [0.15, 0.2) is 15.9 Å². The predicted octanol–water partition coefficient (Wildman–Crippen LogP) is 0.0300. The van der Waals surface area contributed by atoms with Crippen LogP contribution in [0.5, 0.6) is 0 Å². The van der Waals surface area contributed by atoms with Crippen LogP contribution in [0.15, 0.2) is 57.0 Å². The molecule has 0 radical (unpaired) electrons. The molecule has 178 valence electrons. The van der Waals surface area contributed by atoms with Crippen LogP contribution in [0.25, 0.3) is 0 Å². The number of nitrogens with one attached hydrogen (secondary N) is 1. The zero-order chi connectivity index (χ0) is 23.6. The van der Waals surface area contributed by atoms with Crippen LogP contribution in [0.2, 0.25) is 0 Å². The van der Waals surface area contributed by atoms with Crippen LogP contribution >= 0.6 is 0 Å². The molecule has 10 nitrogen and oxygen atoms in total. The standard InChI is InChI=1S/C22H29N5O5S/c23-17-10-8-16(9-11-17)15-24-20(28)19-7-4-12-26-21(29)25(22(30)27(19)26)13-14-33(31,32)18-5-2-1-3-6-18/h1-7,16-17,19H,8-15,23H2,(H,24,28). The Morgan fingerprint density at radius 2 is 1.76 bits per heavy atom. The van der Waals surface area contributed by atoms with Gasteiger partial charge in [-0.15, -0.1) is 0 Å². The molecule has 2 heterocycles. The maximum atomic E-state index is 13.0. The fourth-order valence-electron chi connectivity index (χ4n) is 4.44. The van der Waals surface area contributed by atoms with E-state index in [0.717, 1.165) is 34.9 Å². The maximum absolute atomic E-state index is 13.0.